The first-order chi connectivity index (χ1) is 19.9. The molecule has 1 aromatic carbocycles. The number of rotatable bonds is 10. The molecular weight excluding hydrogens is 587 g/mol. The van der Waals surface area contributed by atoms with Gasteiger partial charge in [0.25, 0.3) is 0 Å². The molecule has 8 nitrogen and oxygen atoms in total. The van der Waals surface area contributed by atoms with Crippen LogP contribution in [0.2, 0.25) is 0 Å². The van der Waals surface area contributed by atoms with Crippen LogP contribution in [0.3, 0.4) is 0 Å². The maximum Gasteiger partial charge on any atom is 0.417 e. The number of sulfonamides is 1. The van der Waals surface area contributed by atoms with Crippen LogP contribution >= 0.6 is 11.8 Å². The van der Waals surface area contributed by atoms with E-state index in [0.29, 0.717) is 48.0 Å². The molecule has 0 saturated carbocycles. The summed E-state index contributed by atoms with van der Waals surface area (Å²) in [6.07, 6.45) is 0.872. The molecule has 1 aromatic heterocycles. The first-order valence-electron chi connectivity index (χ1n) is 14.9. The summed E-state index contributed by atoms with van der Waals surface area (Å²) in [4.78, 5) is 4.69. The molecule has 0 aliphatic carbocycles. The Kier molecular flexibility index (Phi) is 9.95. The van der Waals surface area contributed by atoms with E-state index in [0.717, 1.165) is 76.4 Å². The molecule has 0 bridgehead atoms. The van der Waals surface area contributed by atoms with Crippen LogP contribution in [-0.2, 0) is 35.7 Å². The van der Waals surface area contributed by atoms with Gasteiger partial charge >= 0.3 is 6.18 Å². The third-order valence-corrected chi connectivity index (χ3v) is 11.0. The van der Waals surface area contributed by atoms with Crippen LogP contribution in [0.1, 0.15) is 49.4 Å². The largest absolute Gasteiger partial charge is 0.417 e. The van der Waals surface area contributed by atoms with Gasteiger partial charge in [-0.05, 0) is 69.9 Å². The number of aromatic nitrogens is 2. The van der Waals surface area contributed by atoms with Crippen molar-refractivity contribution >= 4 is 21.8 Å². The van der Waals surface area contributed by atoms with E-state index in [1.807, 2.05) is 0 Å². The molecule has 1 atom stereocenters. The van der Waals surface area contributed by atoms with Gasteiger partial charge in [-0.2, -0.15) is 22.6 Å². The van der Waals surface area contributed by atoms with Gasteiger partial charge in [-0.15, -0.1) is 11.8 Å². The summed E-state index contributed by atoms with van der Waals surface area (Å²) in [7, 11) is -3.47. The van der Waals surface area contributed by atoms with Crippen molar-refractivity contribution in [2.75, 3.05) is 57.8 Å². The summed E-state index contributed by atoms with van der Waals surface area (Å²) in [6.45, 7) is 7.96. The lowest BCUT2D eigenvalue weighted by atomic mass is 9.99. The maximum atomic E-state index is 14.0. The van der Waals surface area contributed by atoms with Crippen LogP contribution in [-0.4, -0.2) is 101 Å². The van der Waals surface area contributed by atoms with Crippen molar-refractivity contribution in [1.82, 2.24) is 23.9 Å². The smallest absolute Gasteiger partial charge is 0.390 e. The fourth-order valence-corrected chi connectivity index (χ4v) is 8.15. The van der Waals surface area contributed by atoms with Crippen LogP contribution in [0.4, 0.5) is 13.2 Å². The molecule has 234 valence electrons. The Hall–Kier alpha value is -1.64. The predicted octanol–water partition coefficient (Wildman–Crippen LogP) is 4.17. The third-order valence-electron chi connectivity index (χ3n) is 8.72. The van der Waals surface area contributed by atoms with Crippen molar-refractivity contribution in [3.8, 4) is 11.3 Å². The number of halogens is 3. The molecule has 5 rings (SSSR count). The average molecular weight is 630 g/mol. The standard InChI is InChI=1S/C29H42F3N5O3S2/c1-21-7-12-34(13-8-21)15-16-41-27-17-22(5-6-25(27)29(30,31)32)28-24-20-36(42(2,39)40)14-9-26(24)37(33-28)19-23(38)18-35-10-3-4-11-35/h5-6,17,21,23,38H,3-4,7-16,18-20H2,1-2H3/t23-/m0/s1. The van der Waals surface area contributed by atoms with E-state index < -0.39 is 27.9 Å². The molecule has 3 aliphatic rings. The highest BCUT2D eigenvalue weighted by Gasteiger charge is 2.35. The van der Waals surface area contributed by atoms with E-state index in [1.165, 1.54) is 22.1 Å². The molecule has 3 aliphatic heterocycles. The zero-order valence-corrected chi connectivity index (χ0v) is 26.1. The molecule has 0 amide bonds. The number of hydrogen-bond acceptors (Lipinski definition) is 7. The molecule has 2 aromatic rings. The van der Waals surface area contributed by atoms with E-state index in [1.54, 1.807) is 10.7 Å². The van der Waals surface area contributed by atoms with Gasteiger partial charge in [0.15, 0.2) is 0 Å². The Morgan fingerprint density at radius 2 is 1.79 bits per heavy atom. The summed E-state index contributed by atoms with van der Waals surface area (Å²) in [5.74, 6) is 1.23. The molecule has 2 saturated heterocycles. The first-order valence-corrected chi connectivity index (χ1v) is 17.7. The Morgan fingerprint density at radius 3 is 2.45 bits per heavy atom. The highest BCUT2D eigenvalue weighted by Crippen LogP contribution is 2.40. The van der Waals surface area contributed by atoms with E-state index in [2.05, 4.69) is 16.7 Å². The molecule has 42 heavy (non-hydrogen) atoms. The van der Waals surface area contributed by atoms with E-state index in [4.69, 9.17) is 5.10 Å². The maximum absolute atomic E-state index is 14.0. The van der Waals surface area contributed by atoms with Crippen LogP contribution in [0.5, 0.6) is 0 Å². The number of thioether (sulfide) groups is 1. The quantitative estimate of drug-likeness (QED) is 0.396. The summed E-state index contributed by atoms with van der Waals surface area (Å²) >= 11 is 1.21. The van der Waals surface area contributed by atoms with E-state index >= 15 is 0 Å². The number of aliphatic hydroxyl groups is 1. The normalized spacial score (nSPS) is 20.7. The number of aliphatic hydroxyl groups excluding tert-OH is 1. The van der Waals surface area contributed by atoms with Crippen LogP contribution in [0.25, 0.3) is 11.3 Å². The van der Waals surface area contributed by atoms with Crippen molar-refractivity contribution in [1.29, 1.82) is 0 Å². The van der Waals surface area contributed by atoms with Gasteiger partial charge < -0.3 is 14.9 Å². The minimum Gasteiger partial charge on any atom is -0.390 e. The predicted molar refractivity (Wildman–Crippen MR) is 159 cm³/mol. The lowest BCUT2D eigenvalue weighted by molar-refractivity contribution is -0.139. The van der Waals surface area contributed by atoms with Crippen LogP contribution < -0.4 is 0 Å². The number of alkyl halides is 3. The fourth-order valence-electron chi connectivity index (χ4n) is 6.25. The van der Waals surface area contributed by atoms with Crippen molar-refractivity contribution in [3.63, 3.8) is 0 Å². The Labute approximate surface area is 251 Å². The summed E-state index contributed by atoms with van der Waals surface area (Å²) in [6, 6.07) is 4.11. The fraction of sp³-hybridized carbons (Fsp3) is 0.690. The molecule has 0 unspecified atom stereocenters. The monoisotopic (exact) mass is 629 g/mol. The highest BCUT2D eigenvalue weighted by molar-refractivity contribution is 7.99. The second-order valence-electron chi connectivity index (χ2n) is 12.0. The van der Waals surface area contributed by atoms with Crippen molar-refractivity contribution in [3.05, 3.63) is 35.0 Å². The van der Waals surface area contributed by atoms with Gasteiger partial charge in [-0.1, -0.05) is 13.0 Å². The second kappa shape index (κ2) is 13.2. The molecular formula is C29H42F3N5O3S2. The molecule has 2 fully saturated rings. The Bertz CT molecular complexity index is 1340. The number of fused-ring (bicyclic) bond motifs is 1. The zero-order chi connectivity index (χ0) is 30.1. The number of likely N-dealkylation sites (tertiary alicyclic amines) is 2. The average Bonchev–Trinajstić information content (AvgIpc) is 3.56. The second-order valence-corrected chi connectivity index (χ2v) is 15.2. The van der Waals surface area contributed by atoms with Crippen molar-refractivity contribution in [2.45, 2.75) is 69.3 Å². The molecule has 13 heteroatoms. The summed E-state index contributed by atoms with van der Waals surface area (Å²) in [5, 5.41) is 15.7. The van der Waals surface area contributed by atoms with Gasteiger partial charge in [0.2, 0.25) is 10.0 Å². The van der Waals surface area contributed by atoms with Gasteiger partial charge in [0, 0.05) is 60.1 Å². The van der Waals surface area contributed by atoms with Crippen LogP contribution in [0, 0.1) is 5.92 Å². The SMILES string of the molecule is CC1CCN(CCSc2cc(-c3nn(C[C@@H](O)CN4CCCC4)c4c3CN(S(C)(=O)=O)CC4)ccc2C(F)(F)F)CC1. The number of piperidine rings is 1. The molecule has 1 N–H and O–H groups in total. The number of β-amino-alcohol motifs (C(OH)–C–C–N with tert-alkyl or cyclic N) is 1. The van der Waals surface area contributed by atoms with E-state index in [-0.39, 0.29) is 18.0 Å². The summed E-state index contributed by atoms with van der Waals surface area (Å²) < 4.78 is 70.0. The Balaban J connectivity index is 1.43. The Morgan fingerprint density at radius 1 is 1.07 bits per heavy atom. The number of benzene rings is 1. The van der Waals surface area contributed by atoms with Gasteiger partial charge in [0.05, 0.1) is 30.2 Å². The van der Waals surface area contributed by atoms with Crippen LogP contribution in [0.15, 0.2) is 23.1 Å². The number of nitrogens with zero attached hydrogens (tertiary/aromatic N) is 5. The lowest BCUT2D eigenvalue weighted by Gasteiger charge is -2.30. The first kappa shape index (κ1) is 31.8. The molecule has 0 spiro atoms. The molecule has 0 radical (unpaired) electrons. The van der Waals surface area contributed by atoms with Crippen molar-refractivity contribution in [2.24, 2.45) is 5.92 Å². The van der Waals surface area contributed by atoms with Gasteiger partial charge in [0.1, 0.15) is 0 Å². The van der Waals surface area contributed by atoms with E-state index in [9.17, 15) is 26.7 Å². The van der Waals surface area contributed by atoms with Gasteiger partial charge in [-0.25, -0.2) is 8.42 Å². The topological polar surface area (TPSA) is 81.9 Å². The third kappa shape index (κ3) is 7.71. The highest BCUT2D eigenvalue weighted by atomic mass is 32.2. The zero-order valence-electron chi connectivity index (χ0n) is 24.4. The lowest BCUT2D eigenvalue weighted by Crippen LogP contribution is -2.37. The molecule has 4 heterocycles. The van der Waals surface area contributed by atoms with Crippen molar-refractivity contribution < 1.29 is 26.7 Å². The van der Waals surface area contributed by atoms with Gasteiger partial charge in [-0.3, -0.25) is 4.68 Å². The summed E-state index contributed by atoms with van der Waals surface area (Å²) in [5.41, 5.74) is 1.86. The minimum absolute atomic E-state index is 0.0998. The number of hydrogen-bond donors (Lipinski definition) is 1. The minimum atomic E-state index is -4.49.